The van der Waals surface area contributed by atoms with E-state index in [1.54, 1.807) is 0 Å². The first kappa shape index (κ1) is 40.8. The van der Waals surface area contributed by atoms with Crippen LogP contribution in [-0.4, -0.2) is 40.5 Å². The van der Waals surface area contributed by atoms with Crippen molar-refractivity contribution in [3.05, 3.63) is 12.2 Å². The molecular formula is C27H53AlN2O5. The fraction of sp³-hybridized carbons (Fsp3) is 0.815. The molecular weight excluding hydrogens is 459 g/mol. The molecule has 0 aliphatic rings. The predicted octanol–water partition coefficient (Wildman–Crippen LogP) is 4.75. The van der Waals surface area contributed by atoms with E-state index in [4.69, 9.17) is 21.0 Å². The zero-order chi connectivity index (χ0) is 27.7. The van der Waals surface area contributed by atoms with E-state index in [2.05, 4.69) is 39.5 Å². The SMILES string of the molecule is CC(=O)[O-].CC(C)[O][Al+2].CCCC(=N)N.CCCCCCCC/C=C\CCCCCCCC(=O)[O-]. The predicted molar refractivity (Wildman–Crippen MR) is 144 cm³/mol. The Labute approximate surface area is 224 Å². The number of hydrogen-bond donors (Lipinski definition) is 2. The van der Waals surface area contributed by atoms with Gasteiger partial charge in [0.1, 0.15) is 0 Å². The summed E-state index contributed by atoms with van der Waals surface area (Å²) in [6.45, 7) is 9.19. The summed E-state index contributed by atoms with van der Waals surface area (Å²) in [4.78, 5) is 19.1. The van der Waals surface area contributed by atoms with Crippen LogP contribution in [0.2, 0.25) is 0 Å². The standard InChI is InChI=1S/C18H34O2.C4H10N2.C3H7O.C2H4O2.Al/c1-2-3-4-5-6-7-8-9-10-11-12-13-14-15-16-17-18(19)20;1-2-3-4(5)6;1-3(2)4;1-2(3)4;/h9-10H,2-8,11-17H2,1H3,(H,19,20);2-3H2,1H3,(H3,5,6);3H,1-2H3;1H3,(H,3,4);/q;;-1;;+3/p-2/b10-9-;;;;. The van der Waals surface area contributed by atoms with Crippen molar-refractivity contribution in [3.8, 4) is 0 Å². The number of nitrogens with two attached hydrogens (primary N) is 1. The summed E-state index contributed by atoms with van der Waals surface area (Å²) < 4.78 is 4.67. The molecule has 8 heteroatoms. The van der Waals surface area contributed by atoms with Crippen molar-refractivity contribution in [1.82, 2.24) is 0 Å². The monoisotopic (exact) mass is 512 g/mol. The number of carbonyl (C=O) groups is 2. The molecule has 0 atom stereocenters. The van der Waals surface area contributed by atoms with Crippen molar-refractivity contribution in [2.75, 3.05) is 0 Å². The topological polar surface area (TPSA) is 139 Å². The number of carboxylic acid groups (broad SMARTS) is 2. The Morgan fingerprint density at radius 3 is 1.49 bits per heavy atom. The first-order valence-corrected chi connectivity index (χ1v) is 13.7. The van der Waals surface area contributed by atoms with Crippen LogP contribution >= 0.6 is 0 Å². The number of aliphatic carboxylic acids is 2. The van der Waals surface area contributed by atoms with Crippen LogP contribution < -0.4 is 15.9 Å². The van der Waals surface area contributed by atoms with Gasteiger partial charge in [-0.05, 0) is 51.9 Å². The normalized spacial score (nSPS) is 9.94. The molecule has 0 unspecified atom stereocenters. The third kappa shape index (κ3) is 71.9. The van der Waals surface area contributed by atoms with Gasteiger partial charge in [0.2, 0.25) is 0 Å². The van der Waals surface area contributed by atoms with Gasteiger partial charge in [0.15, 0.2) is 0 Å². The minimum absolute atomic E-state index is 0.220. The molecule has 0 aliphatic carbocycles. The van der Waals surface area contributed by atoms with Gasteiger partial charge in [-0.1, -0.05) is 77.4 Å². The van der Waals surface area contributed by atoms with Crippen molar-refractivity contribution >= 4 is 34.4 Å². The first-order chi connectivity index (χ1) is 16.5. The van der Waals surface area contributed by atoms with Crippen LogP contribution in [-0.2, 0) is 13.4 Å². The second-order valence-corrected chi connectivity index (χ2v) is 8.93. The summed E-state index contributed by atoms with van der Waals surface area (Å²) in [5.74, 6) is -1.71. The van der Waals surface area contributed by atoms with E-state index in [0.29, 0.717) is 6.10 Å². The second kappa shape index (κ2) is 37.2. The molecule has 0 heterocycles. The Morgan fingerprint density at radius 1 is 0.829 bits per heavy atom. The van der Waals surface area contributed by atoms with E-state index in [9.17, 15) is 9.90 Å². The Morgan fingerprint density at radius 2 is 1.20 bits per heavy atom. The third-order valence-corrected chi connectivity index (χ3v) is 4.98. The summed E-state index contributed by atoms with van der Waals surface area (Å²) in [7, 11) is 0. The van der Waals surface area contributed by atoms with Crippen LogP contribution in [0.15, 0.2) is 12.2 Å². The molecule has 0 fully saturated rings. The quantitative estimate of drug-likeness (QED) is 0.0893. The van der Waals surface area contributed by atoms with E-state index < -0.39 is 11.9 Å². The number of carbonyl (C=O) groups excluding carboxylic acids is 2. The van der Waals surface area contributed by atoms with Crippen LogP contribution in [0.5, 0.6) is 0 Å². The third-order valence-electron chi connectivity index (χ3n) is 4.43. The van der Waals surface area contributed by atoms with Crippen molar-refractivity contribution in [2.45, 2.75) is 143 Å². The minimum Gasteiger partial charge on any atom is -0.550 e. The average Bonchev–Trinajstić information content (AvgIpc) is 2.76. The average molecular weight is 513 g/mol. The van der Waals surface area contributed by atoms with Crippen molar-refractivity contribution in [2.24, 2.45) is 5.73 Å². The fourth-order valence-electron chi connectivity index (χ4n) is 2.61. The summed E-state index contributed by atoms with van der Waals surface area (Å²) in [6, 6.07) is 0. The van der Waals surface area contributed by atoms with Gasteiger partial charge in [-0.25, -0.2) is 0 Å². The Balaban J connectivity index is -0.000000259. The van der Waals surface area contributed by atoms with E-state index in [1.807, 2.05) is 20.8 Å². The first-order valence-electron chi connectivity index (χ1n) is 13.3. The number of amidine groups is 1. The Bertz CT molecular complexity index is 482. The van der Waals surface area contributed by atoms with Gasteiger partial charge in [0.05, 0.1) is 5.84 Å². The molecule has 0 amide bonds. The Hall–Kier alpha value is -1.36. The molecule has 0 saturated carbocycles. The number of allylic oxidation sites excluding steroid dienone is 2. The number of rotatable bonds is 18. The number of carboxylic acids is 2. The van der Waals surface area contributed by atoms with E-state index >= 15 is 0 Å². The van der Waals surface area contributed by atoms with Crippen LogP contribution in [0.1, 0.15) is 137 Å². The number of unbranched alkanes of at least 4 members (excludes halogenated alkanes) is 11. The molecule has 0 saturated heterocycles. The molecule has 0 rings (SSSR count). The van der Waals surface area contributed by atoms with Gasteiger partial charge < -0.3 is 25.5 Å². The van der Waals surface area contributed by atoms with Gasteiger partial charge >= 0.3 is 40.4 Å². The van der Waals surface area contributed by atoms with Crippen LogP contribution in [0, 0.1) is 5.41 Å². The Kier molecular flexibility index (Phi) is 43.4. The van der Waals surface area contributed by atoms with Crippen LogP contribution in [0.25, 0.3) is 0 Å². The van der Waals surface area contributed by atoms with Crippen molar-refractivity contribution in [1.29, 1.82) is 5.41 Å². The number of nitrogens with one attached hydrogen (secondary N) is 1. The largest absolute Gasteiger partial charge is 0.550 e. The van der Waals surface area contributed by atoms with Gasteiger partial charge in [0.25, 0.3) is 0 Å². The van der Waals surface area contributed by atoms with Gasteiger partial charge in [-0.15, -0.1) is 0 Å². The molecule has 35 heavy (non-hydrogen) atoms. The zero-order valence-corrected chi connectivity index (χ0v) is 24.4. The second-order valence-electron chi connectivity index (χ2n) is 8.66. The molecule has 0 aliphatic heterocycles. The fourth-order valence-corrected chi connectivity index (χ4v) is 2.61. The molecule has 0 bridgehead atoms. The zero-order valence-electron chi connectivity index (χ0n) is 23.2. The molecule has 0 aromatic heterocycles. The maximum atomic E-state index is 10.2. The molecule has 0 spiro atoms. The summed E-state index contributed by atoms with van der Waals surface area (Å²) >= 11 is 2.19. The van der Waals surface area contributed by atoms with Gasteiger partial charge in [0, 0.05) is 18.4 Å². The van der Waals surface area contributed by atoms with Crippen molar-refractivity contribution in [3.63, 3.8) is 0 Å². The summed E-state index contributed by atoms with van der Waals surface area (Å²) in [5, 5.41) is 25.8. The van der Waals surface area contributed by atoms with Gasteiger partial charge in [-0.2, -0.15) is 0 Å². The summed E-state index contributed by atoms with van der Waals surface area (Å²) in [6.07, 6.45) is 23.0. The van der Waals surface area contributed by atoms with Gasteiger partial charge in [-0.3, -0.25) is 5.41 Å². The maximum Gasteiger partial charge on any atom is 0.0905 e. The van der Waals surface area contributed by atoms with Crippen LogP contribution in [0.4, 0.5) is 0 Å². The van der Waals surface area contributed by atoms with Crippen LogP contribution in [0.3, 0.4) is 0 Å². The smallest absolute Gasteiger partial charge is 0.0905 e. The molecule has 0 aromatic rings. The molecule has 204 valence electrons. The minimum atomic E-state index is -1.08. The molecule has 0 radical (unpaired) electrons. The molecule has 7 nitrogen and oxygen atoms in total. The van der Waals surface area contributed by atoms with E-state index in [1.165, 1.54) is 64.2 Å². The van der Waals surface area contributed by atoms with Crippen molar-refractivity contribution < 1.29 is 23.6 Å². The maximum absolute atomic E-state index is 10.2. The van der Waals surface area contributed by atoms with E-state index in [0.717, 1.165) is 39.0 Å². The number of hydrogen-bond acceptors (Lipinski definition) is 6. The molecule has 0 aromatic carbocycles. The van der Waals surface area contributed by atoms with E-state index in [-0.39, 0.29) is 12.3 Å². The summed E-state index contributed by atoms with van der Waals surface area (Å²) in [5.41, 5.74) is 4.99. The molecule has 3 N–H and O–H groups in total.